The summed E-state index contributed by atoms with van der Waals surface area (Å²) in [7, 11) is 0. The van der Waals surface area contributed by atoms with Gasteiger partial charge in [-0.2, -0.15) is 0 Å². The molecule has 5 atom stereocenters. The summed E-state index contributed by atoms with van der Waals surface area (Å²) in [6, 6.07) is 0. The summed E-state index contributed by atoms with van der Waals surface area (Å²) in [4.78, 5) is 11.3. The Morgan fingerprint density at radius 3 is 2.87 bits per heavy atom. The number of rotatable bonds is 0. The lowest BCUT2D eigenvalue weighted by Gasteiger charge is -2.19. The van der Waals surface area contributed by atoms with Crippen LogP contribution in [0.3, 0.4) is 0 Å². The van der Waals surface area contributed by atoms with Gasteiger partial charge in [0, 0.05) is 6.42 Å². The van der Waals surface area contributed by atoms with Crippen molar-refractivity contribution in [2.75, 3.05) is 0 Å². The SMILES string of the molecule is CC1CC(O)C(O)C=CC2OC2C(=O)O1. The van der Waals surface area contributed by atoms with Crippen LogP contribution in [0.25, 0.3) is 0 Å². The van der Waals surface area contributed by atoms with Crippen LogP contribution in [0, 0.1) is 0 Å². The van der Waals surface area contributed by atoms with Gasteiger partial charge in [-0.1, -0.05) is 12.2 Å². The predicted octanol–water partition coefficient (Wildman–Crippen LogP) is -0.633. The van der Waals surface area contributed by atoms with E-state index in [2.05, 4.69) is 0 Å². The highest BCUT2D eigenvalue weighted by atomic mass is 16.6. The van der Waals surface area contributed by atoms with Crippen LogP contribution < -0.4 is 0 Å². The van der Waals surface area contributed by atoms with Crippen LogP contribution >= 0.6 is 0 Å². The number of cyclic esters (lactones) is 1. The minimum Gasteiger partial charge on any atom is -0.461 e. The van der Waals surface area contributed by atoms with Crippen LogP contribution in [-0.2, 0) is 14.3 Å². The van der Waals surface area contributed by atoms with Gasteiger partial charge in [0.15, 0.2) is 6.10 Å². The Hall–Kier alpha value is -0.910. The van der Waals surface area contributed by atoms with Gasteiger partial charge in [0.05, 0.1) is 12.2 Å². The van der Waals surface area contributed by atoms with E-state index >= 15 is 0 Å². The third-order valence-electron chi connectivity index (χ3n) is 2.54. The Labute approximate surface area is 87.3 Å². The molecule has 0 aromatic rings. The molecule has 2 heterocycles. The summed E-state index contributed by atoms with van der Waals surface area (Å²) < 4.78 is 10.1. The molecule has 0 aromatic carbocycles. The van der Waals surface area contributed by atoms with Crippen molar-refractivity contribution in [1.29, 1.82) is 0 Å². The lowest BCUT2D eigenvalue weighted by atomic mass is 10.1. The minimum absolute atomic E-state index is 0.217. The molecule has 0 aromatic heterocycles. The van der Waals surface area contributed by atoms with Gasteiger partial charge < -0.3 is 19.7 Å². The molecule has 0 saturated carbocycles. The maximum Gasteiger partial charge on any atom is 0.338 e. The normalized spacial score (nSPS) is 45.5. The molecule has 2 N–H and O–H groups in total. The smallest absolute Gasteiger partial charge is 0.338 e. The molecule has 1 saturated heterocycles. The summed E-state index contributed by atoms with van der Waals surface area (Å²) in [6.45, 7) is 1.68. The van der Waals surface area contributed by atoms with Crippen LogP contribution in [0.2, 0.25) is 0 Å². The molecule has 2 aliphatic heterocycles. The topological polar surface area (TPSA) is 79.3 Å². The molecule has 0 aliphatic carbocycles. The molecule has 2 aliphatic rings. The monoisotopic (exact) mass is 214 g/mol. The molecular weight excluding hydrogens is 200 g/mol. The fourth-order valence-corrected chi connectivity index (χ4v) is 1.60. The number of aliphatic hydroxyl groups excluding tert-OH is 2. The zero-order valence-corrected chi connectivity index (χ0v) is 8.37. The van der Waals surface area contributed by atoms with Gasteiger partial charge >= 0.3 is 5.97 Å². The van der Waals surface area contributed by atoms with Crippen molar-refractivity contribution in [3.8, 4) is 0 Å². The van der Waals surface area contributed by atoms with E-state index in [0.29, 0.717) is 0 Å². The molecule has 0 radical (unpaired) electrons. The Balaban J connectivity index is 2.09. The molecule has 0 bridgehead atoms. The third-order valence-corrected chi connectivity index (χ3v) is 2.54. The number of fused-ring (bicyclic) bond motifs is 1. The van der Waals surface area contributed by atoms with Gasteiger partial charge in [0.25, 0.3) is 0 Å². The van der Waals surface area contributed by atoms with E-state index in [1.54, 1.807) is 13.0 Å². The molecule has 5 unspecified atom stereocenters. The molecule has 1 fully saturated rings. The zero-order valence-electron chi connectivity index (χ0n) is 8.37. The third kappa shape index (κ3) is 2.37. The molecule has 0 spiro atoms. The fourth-order valence-electron chi connectivity index (χ4n) is 1.60. The fraction of sp³-hybridized carbons (Fsp3) is 0.700. The van der Waals surface area contributed by atoms with E-state index in [1.165, 1.54) is 6.08 Å². The summed E-state index contributed by atoms with van der Waals surface area (Å²) in [5.41, 5.74) is 0. The number of ether oxygens (including phenoxy) is 2. The molecular formula is C10H14O5. The zero-order chi connectivity index (χ0) is 11.0. The number of hydrogen-bond donors (Lipinski definition) is 2. The highest BCUT2D eigenvalue weighted by Crippen LogP contribution is 2.27. The summed E-state index contributed by atoms with van der Waals surface area (Å²) >= 11 is 0. The highest BCUT2D eigenvalue weighted by molar-refractivity contribution is 5.78. The number of esters is 1. The maximum absolute atomic E-state index is 11.3. The van der Waals surface area contributed by atoms with Crippen molar-refractivity contribution in [2.45, 2.75) is 43.9 Å². The van der Waals surface area contributed by atoms with Crippen LogP contribution in [0.5, 0.6) is 0 Å². The van der Waals surface area contributed by atoms with Crippen molar-refractivity contribution < 1.29 is 24.5 Å². The van der Waals surface area contributed by atoms with E-state index < -0.39 is 30.4 Å². The largest absolute Gasteiger partial charge is 0.461 e. The van der Waals surface area contributed by atoms with E-state index in [4.69, 9.17) is 9.47 Å². The summed E-state index contributed by atoms with van der Waals surface area (Å²) in [5, 5.41) is 19.0. The van der Waals surface area contributed by atoms with Gasteiger partial charge in [-0.25, -0.2) is 4.79 Å². The first-order valence-corrected chi connectivity index (χ1v) is 4.98. The van der Waals surface area contributed by atoms with Crippen LogP contribution in [0.4, 0.5) is 0 Å². The van der Waals surface area contributed by atoms with E-state index in [-0.39, 0.29) is 12.5 Å². The van der Waals surface area contributed by atoms with Crippen molar-refractivity contribution in [3.05, 3.63) is 12.2 Å². The van der Waals surface area contributed by atoms with Gasteiger partial charge in [-0.3, -0.25) is 0 Å². The predicted molar refractivity (Wildman–Crippen MR) is 50.0 cm³/mol. The second-order valence-electron chi connectivity index (χ2n) is 3.95. The molecule has 2 rings (SSSR count). The number of aliphatic hydroxyl groups is 2. The Bertz CT molecular complexity index is 288. The van der Waals surface area contributed by atoms with Gasteiger partial charge in [0.1, 0.15) is 12.2 Å². The average molecular weight is 214 g/mol. The number of epoxide rings is 1. The average Bonchev–Trinajstić information content (AvgIpc) is 2.91. The minimum atomic E-state index is -0.936. The first kappa shape index (κ1) is 10.6. The van der Waals surface area contributed by atoms with Crippen molar-refractivity contribution in [1.82, 2.24) is 0 Å². The van der Waals surface area contributed by atoms with Gasteiger partial charge in [-0.05, 0) is 6.92 Å². The Morgan fingerprint density at radius 2 is 2.13 bits per heavy atom. The first-order chi connectivity index (χ1) is 7.08. The lowest BCUT2D eigenvalue weighted by molar-refractivity contribution is -0.151. The number of carbonyl (C=O) groups is 1. The standard InChI is InChI=1S/C10H14O5/c1-5-4-7(12)6(11)2-3-8-9(15-8)10(13)14-5/h2-3,5-9,11-12H,4H2,1H3. The van der Waals surface area contributed by atoms with E-state index in [9.17, 15) is 15.0 Å². The molecule has 5 heteroatoms. The summed E-state index contributed by atoms with van der Waals surface area (Å²) in [5.74, 6) is -0.402. The van der Waals surface area contributed by atoms with Gasteiger partial charge in [0.2, 0.25) is 0 Å². The van der Waals surface area contributed by atoms with E-state index in [1.807, 2.05) is 0 Å². The van der Waals surface area contributed by atoms with Crippen LogP contribution in [-0.4, -0.2) is 46.7 Å². The molecule has 0 amide bonds. The Morgan fingerprint density at radius 1 is 1.40 bits per heavy atom. The van der Waals surface area contributed by atoms with Crippen molar-refractivity contribution in [3.63, 3.8) is 0 Å². The molecule has 5 nitrogen and oxygen atoms in total. The van der Waals surface area contributed by atoms with Crippen LogP contribution in [0.15, 0.2) is 12.2 Å². The highest BCUT2D eigenvalue weighted by Gasteiger charge is 2.45. The van der Waals surface area contributed by atoms with Crippen molar-refractivity contribution >= 4 is 5.97 Å². The second kappa shape index (κ2) is 3.92. The first-order valence-electron chi connectivity index (χ1n) is 4.98. The second-order valence-corrected chi connectivity index (χ2v) is 3.95. The number of hydrogen-bond acceptors (Lipinski definition) is 5. The molecule has 15 heavy (non-hydrogen) atoms. The Kier molecular flexibility index (Phi) is 2.77. The molecule has 84 valence electrons. The number of carbonyl (C=O) groups excluding carboxylic acids is 1. The van der Waals surface area contributed by atoms with Crippen molar-refractivity contribution in [2.24, 2.45) is 0 Å². The van der Waals surface area contributed by atoms with E-state index in [0.717, 1.165) is 0 Å². The lowest BCUT2D eigenvalue weighted by Crippen LogP contribution is -2.31. The van der Waals surface area contributed by atoms with Crippen LogP contribution in [0.1, 0.15) is 13.3 Å². The maximum atomic E-state index is 11.3. The summed E-state index contributed by atoms with van der Waals surface area (Å²) in [6.07, 6.45) is 0.133. The quantitative estimate of drug-likeness (QED) is 0.319. The van der Waals surface area contributed by atoms with Gasteiger partial charge in [-0.15, -0.1) is 0 Å².